The van der Waals surface area contributed by atoms with Gasteiger partial charge in [0.15, 0.2) is 5.78 Å². The Morgan fingerprint density at radius 1 is 1.22 bits per heavy atom. The summed E-state index contributed by atoms with van der Waals surface area (Å²) in [7, 11) is 0. The summed E-state index contributed by atoms with van der Waals surface area (Å²) in [5.41, 5.74) is 2.55. The monoisotopic (exact) mass is 260 g/mol. The zero-order valence-electron chi connectivity index (χ0n) is 10.1. The molecule has 0 bridgehead atoms. The van der Waals surface area contributed by atoms with Gasteiger partial charge in [-0.3, -0.25) is 4.79 Å². The number of hydrogen-bond donors (Lipinski definition) is 0. The molecule has 0 atom stereocenters. The van der Waals surface area contributed by atoms with Crippen molar-refractivity contribution < 1.29 is 9.21 Å². The lowest BCUT2D eigenvalue weighted by molar-refractivity contribution is 0.0969. The molecular weight excluding hydrogens is 248 g/mol. The number of aryl methyl sites for hydroxylation is 1. The van der Waals surface area contributed by atoms with Gasteiger partial charge in [0.25, 0.3) is 0 Å². The smallest absolute Gasteiger partial charge is 0.166 e. The van der Waals surface area contributed by atoms with E-state index in [1.54, 1.807) is 0 Å². The summed E-state index contributed by atoms with van der Waals surface area (Å²) < 4.78 is 5.87. The highest BCUT2D eigenvalue weighted by atomic mass is 35.5. The zero-order valence-corrected chi connectivity index (χ0v) is 10.9. The topological polar surface area (TPSA) is 30.2 Å². The van der Waals surface area contributed by atoms with E-state index in [0.717, 1.165) is 41.1 Å². The number of ketones is 1. The standard InChI is InChI=1S/C15H13ClO2/c1-9-14-12(17)7-4-8-13(14)18-15(9)10-5-2-3-6-11(10)16/h2-3,5-6H,4,7-8H2,1H3. The average Bonchev–Trinajstić information content (AvgIpc) is 2.69. The molecule has 3 rings (SSSR count). The van der Waals surface area contributed by atoms with E-state index in [2.05, 4.69) is 0 Å². The van der Waals surface area contributed by atoms with Crippen molar-refractivity contribution in [2.45, 2.75) is 26.2 Å². The molecule has 3 heteroatoms. The maximum atomic E-state index is 11.9. The van der Waals surface area contributed by atoms with Crippen LogP contribution in [0.15, 0.2) is 28.7 Å². The summed E-state index contributed by atoms with van der Waals surface area (Å²) in [4.78, 5) is 11.9. The third-order valence-corrected chi connectivity index (χ3v) is 3.75. The number of Topliss-reactive ketones (excluding diaryl/α,β-unsaturated/α-hetero) is 1. The summed E-state index contributed by atoms with van der Waals surface area (Å²) in [5, 5.41) is 0.652. The number of fused-ring (bicyclic) bond motifs is 1. The Balaban J connectivity index is 2.21. The van der Waals surface area contributed by atoms with E-state index < -0.39 is 0 Å². The van der Waals surface area contributed by atoms with Crippen molar-refractivity contribution >= 4 is 17.4 Å². The number of hydrogen-bond acceptors (Lipinski definition) is 2. The van der Waals surface area contributed by atoms with Crippen LogP contribution in [-0.4, -0.2) is 5.78 Å². The molecule has 0 unspecified atom stereocenters. The molecule has 1 aromatic heterocycles. The van der Waals surface area contributed by atoms with Gasteiger partial charge < -0.3 is 4.42 Å². The van der Waals surface area contributed by atoms with Gasteiger partial charge in [0.2, 0.25) is 0 Å². The minimum absolute atomic E-state index is 0.191. The predicted octanol–water partition coefficient (Wildman–Crippen LogP) is 4.43. The van der Waals surface area contributed by atoms with Crippen molar-refractivity contribution in [3.8, 4) is 11.3 Å². The van der Waals surface area contributed by atoms with Crippen LogP contribution in [0.3, 0.4) is 0 Å². The van der Waals surface area contributed by atoms with Crippen LogP contribution < -0.4 is 0 Å². The average molecular weight is 261 g/mol. The van der Waals surface area contributed by atoms with E-state index in [4.69, 9.17) is 16.0 Å². The molecule has 18 heavy (non-hydrogen) atoms. The molecule has 1 aromatic carbocycles. The largest absolute Gasteiger partial charge is 0.460 e. The molecule has 0 N–H and O–H groups in total. The minimum atomic E-state index is 0.191. The second-order valence-electron chi connectivity index (χ2n) is 4.61. The highest BCUT2D eigenvalue weighted by molar-refractivity contribution is 6.33. The Labute approximate surface area is 111 Å². The normalized spacial score (nSPS) is 14.7. The summed E-state index contributed by atoms with van der Waals surface area (Å²) in [5.74, 6) is 1.75. The fourth-order valence-electron chi connectivity index (χ4n) is 2.55. The van der Waals surface area contributed by atoms with E-state index in [1.807, 2.05) is 31.2 Å². The lowest BCUT2D eigenvalue weighted by Gasteiger charge is -2.07. The van der Waals surface area contributed by atoms with Gasteiger partial charge >= 0.3 is 0 Å². The minimum Gasteiger partial charge on any atom is -0.460 e. The van der Waals surface area contributed by atoms with E-state index >= 15 is 0 Å². The Morgan fingerprint density at radius 3 is 2.72 bits per heavy atom. The molecule has 0 radical (unpaired) electrons. The first kappa shape index (κ1) is 11.5. The summed E-state index contributed by atoms with van der Waals surface area (Å²) in [6.07, 6.45) is 2.34. The predicted molar refractivity (Wildman–Crippen MR) is 71.2 cm³/mol. The van der Waals surface area contributed by atoms with E-state index in [0.29, 0.717) is 11.4 Å². The molecule has 0 amide bonds. The van der Waals surface area contributed by atoms with Gasteiger partial charge in [0, 0.05) is 24.0 Å². The van der Waals surface area contributed by atoms with Gasteiger partial charge in [-0.1, -0.05) is 23.7 Å². The summed E-state index contributed by atoms with van der Waals surface area (Å²) in [6, 6.07) is 7.56. The molecule has 92 valence electrons. The molecule has 1 aliphatic rings. The third kappa shape index (κ3) is 1.68. The molecule has 2 aromatic rings. The maximum Gasteiger partial charge on any atom is 0.166 e. The first-order chi connectivity index (χ1) is 8.68. The fraction of sp³-hybridized carbons (Fsp3) is 0.267. The first-order valence-electron chi connectivity index (χ1n) is 6.09. The van der Waals surface area contributed by atoms with Crippen LogP contribution in [0.1, 0.15) is 34.5 Å². The van der Waals surface area contributed by atoms with Crippen molar-refractivity contribution in [3.63, 3.8) is 0 Å². The second-order valence-corrected chi connectivity index (χ2v) is 5.02. The number of carbonyl (C=O) groups excluding carboxylic acids is 1. The quantitative estimate of drug-likeness (QED) is 0.759. The van der Waals surface area contributed by atoms with E-state index in [1.165, 1.54) is 0 Å². The fourth-order valence-corrected chi connectivity index (χ4v) is 2.77. The summed E-state index contributed by atoms with van der Waals surface area (Å²) in [6.45, 7) is 1.93. The van der Waals surface area contributed by atoms with E-state index in [9.17, 15) is 4.79 Å². The van der Waals surface area contributed by atoms with Crippen molar-refractivity contribution in [1.29, 1.82) is 0 Å². The lowest BCUT2D eigenvalue weighted by Crippen LogP contribution is -2.09. The van der Waals surface area contributed by atoms with Crippen molar-refractivity contribution in [3.05, 3.63) is 46.2 Å². The molecule has 0 spiro atoms. The molecule has 0 aliphatic heterocycles. The number of furan rings is 1. The van der Waals surface area contributed by atoms with Gasteiger partial charge in [-0.15, -0.1) is 0 Å². The van der Waals surface area contributed by atoms with Crippen molar-refractivity contribution in [1.82, 2.24) is 0 Å². The number of rotatable bonds is 1. The van der Waals surface area contributed by atoms with Crippen LogP contribution in [0.5, 0.6) is 0 Å². The van der Waals surface area contributed by atoms with Crippen molar-refractivity contribution in [2.75, 3.05) is 0 Å². The Kier molecular flexibility index (Phi) is 2.75. The first-order valence-corrected chi connectivity index (χ1v) is 6.46. The number of benzene rings is 1. The van der Waals surface area contributed by atoms with Crippen LogP contribution >= 0.6 is 11.6 Å². The van der Waals surface area contributed by atoms with Crippen molar-refractivity contribution in [2.24, 2.45) is 0 Å². The molecule has 0 fully saturated rings. The summed E-state index contributed by atoms with van der Waals surface area (Å²) >= 11 is 6.19. The molecule has 0 saturated heterocycles. The van der Waals surface area contributed by atoms with Gasteiger partial charge in [-0.2, -0.15) is 0 Å². The molecular formula is C15H13ClO2. The highest BCUT2D eigenvalue weighted by Gasteiger charge is 2.27. The van der Waals surface area contributed by atoms with Gasteiger partial charge in [0.05, 0.1) is 10.6 Å². The maximum absolute atomic E-state index is 11.9. The lowest BCUT2D eigenvalue weighted by atomic mass is 9.93. The molecule has 0 saturated carbocycles. The Hall–Kier alpha value is -1.54. The van der Waals surface area contributed by atoms with Gasteiger partial charge in [-0.25, -0.2) is 0 Å². The van der Waals surface area contributed by atoms with Crippen LogP contribution in [0, 0.1) is 6.92 Å². The Bertz CT molecular complexity index is 625. The van der Waals surface area contributed by atoms with Crippen LogP contribution in [0.2, 0.25) is 5.02 Å². The zero-order chi connectivity index (χ0) is 12.7. The Morgan fingerprint density at radius 2 is 2.00 bits per heavy atom. The molecule has 2 nitrogen and oxygen atoms in total. The highest BCUT2D eigenvalue weighted by Crippen LogP contribution is 2.37. The van der Waals surface area contributed by atoms with Crippen LogP contribution in [-0.2, 0) is 6.42 Å². The molecule has 1 aliphatic carbocycles. The third-order valence-electron chi connectivity index (χ3n) is 3.42. The van der Waals surface area contributed by atoms with Crippen LogP contribution in [0.25, 0.3) is 11.3 Å². The SMILES string of the molecule is Cc1c(-c2ccccc2Cl)oc2c1C(=O)CCC2. The number of carbonyl (C=O) groups is 1. The van der Waals surface area contributed by atoms with Gasteiger partial charge in [0.1, 0.15) is 11.5 Å². The van der Waals surface area contributed by atoms with Gasteiger partial charge in [-0.05, 0) is 25.5 Å². The number of halogens is 1. The van der Waals surface area contributed by atoms with Crippen LogP contribution in [0.4, 0.5) is 0 Å². The second kappa shape index (κ2) is 4.29. The molecule has 1 heterocycles. The van der Waals surface area contributed by atoms with E-state index in [-0.39, 0.29) is 5.78 Å².